The van der Waals surface area contributed by atoms with Crippen LogP contribution in [0.1, 0.15) is 17.3 Å². The molecule has 0 aliphatic heterocycles. The fourth-order valence-electron chi connectivity index (χ4n) is 2.28. The highest BCUT2D eigenvalue weighted by Crippen LogP contribution is 2.18. The molecule has 1 heterocycles. The normalized spacial score (nSPS) is 12.3. The van der Waals surface area contributed by atoms with Crippen LogP contribution in [-0.2, 0) is 6.42 Å². The maximum Gasteiger partial charge on any atom is 0.0799 e. The van der Waals surface area contributed by atoms with Crippen LogP contribution in [0, 0.1) is 0 Å². The molecule has 3 rings (SSSR count). The first-order chi connectivity index (χ1) is 10.2. The smallest absolute Gasteiger partial charge is 0.0799 e. The Balaban J connectivity index is 1.77. The Morgan fingerprint density at radius 1 is 1.05 bits per heavy atom. The fourth-order valence-corrected chi connectivity index (χ4v) is 2.73. The summed E-state index contributed by atoms with van der Waals surface area (Å²) in [5.74, 6) is 0. The van der Waals surface area contributed by atoms with Crippen molar-refractivity contribution in [3.63, 3.8) is 0 Å². The topological polar surface area (TPSA) is 43.8 Å². The molecule has 2 N–H and O–H groups in total. The zero-order valence-corrected chi connectivity index (χ0v) is 13.1. The lowest BCUT2D eigenvalue weighted by atomic mass is 10.0. The molecule has 1 aromatic heterocycles. The largest absolute Gasteiger partial charge is 0.322 e. The van der Waals surface area contributed by atoms with E-state index in [1.54, 1.807) is 0 Å². The Morgan fingerprint density at radius 2 is 1.86 bits per heavy atom. The fraction of sp³-hybridized carbons (Fsp3) is 0.118. The summed E-state index contributed by atoms with van der Waals surface area (Å²) in [5, 5.41) is 4.58. The van der Waals surface area contributed by atoms with Gasteiger partial charge in [-0.25, -0.2) is 4.68 Å². The molecule has 1 unspecified atom stereocenters. The molecule has 0 fully saturated rings. The highest BCUT2D eigenvalue weighted by molar-refractivity contribution is 9.10. The Hall–Kier alpha value is -1.91. The minimum Gasteiger partial charge on any atom is -0.322 e. The summed E-state index contributed by atoms with van der Waals surface area (Å²) in [4.78, 5) is 0. The molecule has 4 heteroatoms. The molecular weight excluding hydrogens is 326 g/mol. The molecule has 0 aliphatic carbocycles. The third kappa shape index (κ3) is 3.40. The summed E-state index contributed by atoms with van der Waals surface area (Å²) < 4.78 is 2.93. The van der Waals surface area contributed by atoms with Crippen molar-refractivity contribution in [2.45, 2.75) is 12.5 Å². The van der Waals surface area contributed by atoms with E-state index in [0.29, 0.717) is 0 Å². The zero-order chi connectivity index (χ0) is 14.7. The van der Waals surface area contributed by atoms with Gasteiger partial charge in [-0.15, -0.1) is 0 Å². The van der Waals surface area contributed by atoms with Crippen LogP contribution in [-0.4, -0.2) is 9.78 Å². The number of hydrogen-bond donors (Lipinski definition) is 1. The molecule has 1 atom stereocenters. The van der Waals surface area contributed by atoms with E-state index in [4.69, 9.17) is 5.73 Å². The van der Waals surface area contributed by atoms with Crippen LogP contribution in [0.25, 0.3) is 5.69 Å². The van der Waals surface area contributed by atoms with E-state index in [2.05, 4.69) is 33.2 Å². The second-order valence-electron chi connectivity index (χ2n) is 4.96. The van der Waals surface area contributed by atoms with Gasteiger partial charge < -0.3 is 5.73 Å². The van der Waals surface area contributed by atoms with Crippen molar-refractivity contribution in [2.24, 2.45) is 5.73 Å². The van der Waals surface area contributed by atoms with Crippen molar-refractivity contribution in [2.75, 3.05) is 0 Å². The van der Waals surface area contributed by atoms with Gasteiger partial charge >= 0.3 is 0 Å². The number of halogens is 1. The minimum atomic E-state index is -0.107. The quantitative estimate of drug-likeness (QED) is 0.782. The SMILES string of the molecule is NC(Cc1cccc(Br)c1)c1ccn(-c2ccccc2)n1. The monoisotopic (exact) mass is 341 g/mol. The summed E-state index contributed by atoms with van der Waals surface area (Å²) in [6, 6.07) is 20.1. The molecule has 0 saturated heterocycles. The van der Waals surface area contributed by atoms with Gasteiger partial charge in [0.15, 0.2) is 0 Å². The highest BCUT2D eigenvalue weighted by atomic mass is 79.9. The van der Waals surface area contributed by atoms with E-state index >= 15 is 0 Å². The number of nitrogens with two attached hydrogens (primary N) is 1. The summed E-state index contributed by atoms with van der Waals surface area (Å²) >= 11 is 3.48. The van der Waals surface area contributed by atoms with E-state index in [-0.39, 0.29) is 6.04 Å². The zero-order valence-electron chi connectivity index (χ0n) is 11.5. The molecule has 0 bridgehead atoms. The molecule has 2 aromatic carbocycles. The van der Waals surface area contributed by atoms with Crippen molar-refractivity contribution >= 4 is 15.9 Å². The van der Waals surface area contributed by atoms with Crippen LogP contribution in [0.4, 0.5) is 0 Å². The highest BCUT2D eigenvalue weighted by Gasteiger charge is 2.11. The van der Waals surface area contributed by atoms with Crippen molar-refractivity contribution in [3.8, 4) is 5.69 Å². The summed E-state index contributed by atoms with van der Waals surface area (Å²) in [6.07, 6.45) is 2.72. The van der Waals surface area contributed by atoms with Crippen LogP contribution in [0.5, 0.6) is 0 Å². The van der Waals surface area contributed by atoms with Gasteiger partial charge in [-0.1, -0.05) is 46.3 Å². The van der Waals surface area contributed by atoms with Crippen molar-refractivity contribution in [3.05, 3.63) is 82.6 Å². The maximum absolute atomic E-state index is 6.28. The van der Waals surface area contributed by atoms with Crippen LogP contribution in [0.3, 0.4) is 0 Å². The van der Waals surface area contributed by atoms with Crippen molar-refractivity contribution in [1.29, 1.82) is 0 Å². The number of rotatable bonds is 4. The second kappa shape index (κ2) is 6.24. The van der Waals surface area contributed by atoms with Crippen LogP contribution in [0.2, 0.25) is 0 Å². The van der Waals surface area contributed by atoms with Gasteiger partial charge in [0, 0.05) is 10.7 Å². The Bertz CT molecular complexity index is 722. The molecule has 0 saturated carbocycles. The van der Waals surface area contributed by atoms with E-state index in [1.807, 2.05) is 59.4 Å². The number of aromatic nitrogens is 2. The average molecular weight is 342 g/mol. The van der Waals surface area contributed by atoms with Gasteiger partial charge in [0.05, 0.1) is 17.4 Å². The molecule has 3 aromatic rings. The lowest BCUT2D eigenvalue weighted by molar-refractivity contribution is 0.678. The molecule has 0 radical (unpaired) electrons. The number of hydrogen-bond acceptors (Lipinski definition) is 2. The van der Waals surface area contributed by atoms with Crippen LogP contribution >= 0.6 is 15.9 Å². The Kier molecular flexibility index (Phi) is 4.18. The summed E-state index contributed by atoms with van der Waals surface area (Å²) in [6.45, 7) is 0. The second-order valence-corrected chi connectivity index (χ2v) is 5.88. The molecule has 0 aliphatic rings. The van der Waals surface area contributed by atoms with E-state index in [0.717, 1.165) is 22.3 Å². The Labute approximate surface area is 132 Å². The third-order valence-electron chi connectivity index (χ3n) is 3.35. The minimum absolute atomic E-state index is 0.107. The van der Waals surface area contributed by atoms with E-state index in [1.165, 1.54) is 5.56 Å². The van der Waals surface area contributed by atoms with Gasteiger partial charge in [0.1, 0.15) is 0 Å². The number of benzene rings is 2. The van der Waals surface area contributed by atoms with Gasteiger partial charge in [-0.05, 0) is 42.3 Å². The predicted octanol–water partition coefficient (Wildman–Crippen LogP) is 3.88. The lowest BCUT2D eigenvalue weighted by Crippen LogP contribution is -2.14. The number of para-hydroxylation sites is 1. The molecular formula is C17H16BrN3. The van der Waals surface area contributed by atoms with Gasteiger partial charge in [0.2, 0.25) is 0 Å². The molecule has 0 spiro atoms. The van der Waals surface area contributed by atoms with Gasteiger partial charge in [0.25, 0.3) is 0 Å². The third-order valence-corrected chi connectivity index (χ3v) is 3.85. The standard InChI is InChI=1S/C17H16BrN3/c18-14-6-4-5-13(11-14)12-16(19)17-9-10-21(20-17)15-7-2-1-3-8-15/h1-11,16H,12,19H2. The van der Waals surface area contributed by atoms with Crippen LogP contribution in [0.15, 0.2) is 71.3 Å². The lowest BCUT2D eigenvalue weighted by Gasteiger charge is -2.09. The molecule has 0 amide bonds. The molecule has 3 nitrogen and oxygen atoms in total. The van der Waals surface area contributed by atoms with E-state index in [9.17, 15) is 0 Å². The summed E-state index contributed by atoms with van der Waals surface area (Å²) in [5.41, 5.74) is 9.42. The number of nitrogens with zero attached hydrogens (tertiary/aromatic N) is 2. The van der Waals surface area contributed by atoms with Crippen molar-refractivity contribution < 1.29 is 0 Å². The average Bonchev–Trinajstić information content (AvgIpc) is 2.98. The van der Waals surface area contributed by atoms with Crippen LogP contribution < -0.4 is 5.73 Å². The first-order valence-corrected chi connectivity index (χ1v) is 7.63. The first-order valence-electron chi connectivity index (χ1n) is 6.83. The van der Waals surface area contributed by atoms with E-state index < -0.39 is 0 Å². The predicted molar refractivity (Wildman–Crippen MR) is 88.3 cm³/mol. The molecule has 21 heavy (non-hydrogen) atoms. The molecule has 106 valence electrons. The van der Waals surface area contributed by atoms with Gasteiger partial charge in [-0.2, -0.15) is 5.10 Å². The Morgan fingerprint density at radius 3 is 2.62 bits per heavy atom. The van der Waals surface area contributed by atoms with Crippen molar-refractivity contribution in [1.82, 2.24) is 9.78 Å². The maximum atomic E-state index is 6.28. The first kappa shape index (κ1) is 14.0. The van der Waals surface area contributed by atoms with Gasteiger partial charge in [-0.3, -0.25) is 0 Å². The summed E-state index contributed by atoms with van der Waals surface area (Å²) in [7, 11) is 0.